The largest absolute Gasteiger partial charge is 0.392 e. The molecule has 1 aromatic carbocycles. The Kier molecular flexibility index (Phi) is 6.17. The summed E-state index contributed by atoms with van der Waals surface area (Å²) in [7, 11) is 0. The minimum absolute atomic E-state index is 0.116. The predicted molar refractivity (Wildman–Crippen MR) is 113 cm³/mol. The zero-order valence-electron chi connectivity index (χ0n) is 17.7. The Morgan fingerprint density at radius 2 is 1.89 bits per heavy atom. The van der Waals surface area contributed by atoms with Gasteiger partial charge in [-0.2, -0.15) is 0 Å². The standard InChI is InChI=1S/C25H38O2/c1-18(7-5-15-24(2,3)27)22-13-14-23-21(8-6-16-25(22,23)4)20-11-9-19(17-26)10-12-20/h8-12,18,22-23,26-27H,5-7,13-17H2,1-4H3/t18-,22?,23+,25-/m1/s1. The summed E-state index contributed by atoms with van der Waals surface area (Å²) in [5.41, 5.74) is 3.73. The average Bonchev–Trinajstić information content (AvgIpc) is 2.97. The van der Waals surface area contributed by atoms with Crippen molar-refractivity contribution in [1.82, 2.24) is 0 Å². The Labute approximate surface area is 165 Å². The van der Waals surface area contributed by atoms with Crippen LogP contribution in [0.15, 0.2) is 30.3 Å². The van der Waals surface area contributed by atoms with Crippen LogP contribution in [0.3, 0.4) is 0 Å². The van der Waals surface area contributed by atoms with Crippen LogP contribution >= 0.6 is 0 Å². The van der Waals surface area contributed by atoms with E-state index in [2.05, 4.69) is 44.2 Å². The molecule has 1 aromatic rings. The Morgan fingerprint density at radius 1 is 1.19 bits per heavy atom. The Hall–Kier alpha value is -1.12. The number of hydrogen-bond acceptors (Lipinski definition) is 2. The van der Waals surface area contributed by atoms with Crippen molar-refractivity contribution in [3.8, 4) is 0 Å². The van der Waals surface area contributed by atoms with Crippen LogP contribution in [0.5, 0.6) is 0 Å². The van der Waals surface area contributed by atoms with Gasteiger partial charge in [0.25, 0.3) is 0 Å². The molecule has 0 amide bonds. The van der Waals surface area contributed by atoms with E-state index in [4.69, 9.17) is 0 Å². The normalized spacial score (nSPS) is 29.3. The maximum absolute atomic E-state index is 10.0. The van der Waals surface area contributed by atoms with E-state index in [0.29, 0.717) is 11.3 Å². The molecular formula is C25H38O2. The van der Waals surface area contributed by atoms with Gasteiger partial charge < -0.3 is 10.2 Å². The number of hydrogen-bond donors (Lipinski definition) is 2. The van der Waals surface area contributed by atoms with Crippen molar-refractivity contribution in [2.45, 2.75) is 84.8 Å². The van der Waals surface area contributed by atoms with E-state index in [-0.39, 0.29) is 6.61 Å². The van der Waals surface area contributed by atoms with E-state index < -0.39 is 5.60 Å². The third-order valence-electron chi connectivity index (χ3n) is 7.44. The van der Waals surface area contributed by atoms with Crippen LogP contribution in [-0.2, 0) is 6.61 Å². The third kappa shape index (κ3) is 4.49. The number of allylic oxidation sites excluding steroid dienone is 2. The second-order valence-corrected chi connectivity index (χ2v) is 9.98. The molecule has 0 aliphatic heterocycles. The molecule has 2 nitrogen and oxygen atoms in total. The summed E-state index contributed by atoms with van der Waals surface area (Å²) in [5.74, 6) is 2.16. The Balaban J connectivity index is 1.71. The van der Waals surface area contributed by atoms with Gasteiger partial charge in [-0.05, 0) is 85.8 Å². The highest BCUT2D eigenvalue weighted by molar-refractivity contribution is 5.69. The van der Waals surface area contributed by atoms with Crippen molar-refractivity contribution in [2.24, 2.45) is 23.2 Å². The molecule has 2 N–H and O–H groups in total. The topological polar surface area (TPSA) is 40.5 Å². The van der Waals surface area contributed by atoms with Gasteiger partial charge in [0.1, 0.15) is 0 Å². The lowest BCUT2D eigenvalue weighted by atomic mass is 9.61. The summed E-state index contributed by atoms with van der Waals surface area (Å²) in [6.07, 6.45) is 10.8. The van der Waals surface area contributed by atoms with Crippen LogP contribution in [0.1, 0.15) is 83.8 Å². The number of fused-ring (bicyclic) bond motifs is 1. The quantitative estimate of drug-likeness (QED) is 0.621. The van der Waals surface area contributed by atoms with Gasteiger partial charge >= 0.3 is 0 Å². The lowest BCUT2D eigenvalue weighted by Gasteiger charge is -2.43. The summed E-state index contributed by atoms with van der Waals surface area (Å²) in [4.78, 5) is 0. The van der Waals surface area contributed by atoms with Crippen LogP contribution in [0.4, 0.5) is 0 Å². The third-order valence-corrected chi connectivity index (χ3v) is 7.44. The monoisotopic (exact) mass is 370 g/mol. The minimum Gasteiger partial charge on any atom is -0.392 e. The van der Waals surface area contributed by atoms with Gasteiger partial charge in [-0.1, -0.05) is 57.0 Å². The molecule has 0 spiro atoms. The van der Waals surface area contributed by atoms with Crippen molar-refractivity contribution >= 4 is 5.57 Å². The summed E-state index contributed by atoms with van der Waals surface area (Å²) in [6.45, 7) is 8.94. The van der Waals surface area contributed by atoms with Crippen LogP contribution in [0, 0.1) is 23.2 Å². The first-order valence-corrected chi connectivity index (χ1v) is 10.9. The maximum Gasteiger partial charge on any atom is 0.0681 e. The molecule has 27 heavy (non-hydrogen) atoms. The van der Waals surface area contributed by atoms with E-state index >= 15 is 0 Å². The van der Waals surface area contributed by atoms with Crippen molar-refractivity contribution in [1.29, 1.82) is 0 Å². The first kappa shape index (κ1) is 20.6. The van der Waals surface area contributed by atoms with Crippen molar-refractivity contribution in [2.75, 3.05) is 0 Å². The van der Waals surface area contributed by atoms with E-state index in [9.17, 15) is 10.2 Å². The van der Waals surface area contributed by atoms with Crippen molar-refractivity contribution in [3.05, 3.63) is 41.5 Å². The van der Waals surface area contributed by atoms with Gasteiger partial charge in [-0.25, -0.2) is 0 Å². The van der Waals surface area contributed by atoms with E-state index in [1.54, 1.807) is 5.57 Å². The molecule has 0 radical (unpaired) electrons. The Bertz CT molecular complexity index is 652. The number of aliphatic hydroxyl groups excluding tert-OH is 1. The van der Waals surface area contributed by atoms with E-state index in [0.717, 1.165) is 30.2 Å². The molecule has 150 valence electrons. The van der Waals surface area contributed by atoms with Crippen molar-refractivity contribution < 1.29 is 10.2 Å². The lowest BCUT2D eigenvalue weighted by Crippen LogP contribution is -2.35. The molecule has 0 bridgehead atoms. The lowest BCUT2D eigenvalue weighted by molar-refractivity contribution is 0.0620. The fourth-order valence-corrected chi connectivity index (χ4v) is 5.93. The highest BCUT2D eigenvalue weighted by Crippen LogP contribution is 2.60. The summed E-state index contributed by atoms with van der Waals surface area (Å²) >= 11 is 0. The molecule has 1 saturated carbocycles. The van der Waals surface area contributed by atoms with Gasteiger partial charge in [0, 0.05) is 0 Å². The minimum atomic E-state index is -0.538. The molecule has 2 aliphatic rings. The SMILES string of the molecule is C[C@H](CCCC(C)(C)O)C1CC[C@H]2C(c3ccc(CO)cc3)=CCC[C@]12C. The molecule has 4 atom stereocenters. The number of rotatable bonds is 7. The summed E-state index contributed by atoms with van der Waals surface area (Å²) < 4.78 is 0. The van der Waals surface area contributed by atoms with Crippen molar-refractivity contribution in [3.63, 3.8) is 0 Å². The number of benzene rings is 1. The first-order chi connectivity index (χ1) is 12.7. The second kappa shape index (κ2) is 8.09. The van der Waals surface area contributed by atoms with Crippen LogP contribution in [0.25, 0.3) is 5.57 Å². The van der Waals surface area contributed by atoms with E-state index in [1.807, 2.05) is 13.8 Å². The summed E-state index contributed by atoms with van der Waals surface area (Å²) in [5, 5.41) is 19.3. The Morgan fingerprint density at radius 3 is 2.52 bits per heavy atom. The fourth-order valence-electron chi connectivity index (χ4n) is 5.93. The van der Waals surface area contributed by atoms with Gasteiger partial charge in [0.2, 0.25) is 0 Å². The molecule has 1 fully saturated rings. The highest BCUT2D eigenvalue weighted by Gasteiger charge is 2.50. The maximum atomic E-state index is 10.0. The molecule has 1 unspecified atom stereocenters. The predicted octanol–water partition coefficient (Wildman–Crippen LogP) is 5.97. The van der Waals surface area contributed by atoms with Crippen LogP contribution in [0.2, 0.25) is 0 Å². The highest BCUT2D eigenvalue weighted by atomic mass is 16.3. The average molecular weight is 371 g/mol. The molecule has 3 rings (SSSR count). The fraction of sp³-hybridized carbons (Fsp3) is 0.680. The number of aliphatic hydroxyl groups is 2. The molecular weight excluding hydrogens is 332 g/mol. The second-order valence-electron chi connectivity index (χ2n) is 9.98. The molecule has 0 heterocycles. The van der Waals surface area contributed by atoms with Gasteiger partial charge in [-0.15, -0.1) is 0 Å². The van der Waals surface area contributed by atoms with Gasteiger partial charge in [0.15, 0.2) is 0 Å². The molecule has 0 saturated heterocycles. The molecule has 2 aliphatic carbocycles. The zero-order chi connectivity index (χ0) is 19.7. The zero-order valence-corrected chi connectivity index (χ0v) is 17.7. The summed E-state index contributed by atoms with van der Waals surface area (Å²) in [6, 6.07) is 8.52. The van der Waals surface area contributed by atoms with Crippen LogP contribution in [-0.4, -0.2) is 15.8 Å². The smallest absolute Gasteiger partial charge is 0.0681 e. The van der Waals surface area contributed by atoms with Crippen LogP contribution < -0.4 is 0 Å². The first-order valence-electron chi connectivity index (χ1n) is 10.9. The van der Waals surface area contributed by atoms with Gasteiger partial charge in [-0.3, -0.25) is 0 Å². The molecule has 0 aromatic heterocycles. The van der Waals surface area contributed by atoms with Gasteiger partial charge in [0.05, 0.1) is 12.2 Å². The van der Waals surface area contributed by atoms with E-state index in [1.165, 1.54) is 37.7 Å². The molecule has 2 heteroatoms.